The van der Waals surface area contributed by atoms with Crippen LogP contribution in [0, 0.1) is 0 Å². The molecule has 2 aromatic heterocycles. The van der Waals surface area contributed by atoms with Crippen LogP contribution >= 0.6 is 0 Å². The zero-order chi connectivity index (χ0) is 16.9. The Bertz CT molecular complexity index is 743. The summed E-state index contributed by atoms with van der Waals surface area (Å²) in [7, 11) is 0. The number of benzene rings is 1. The van der Waals surface area contributed by atoms with E-state index in [0.717, 1.165) is 42.7 Å². The average Bonchev–Trinajstić information content (AvgIpc) is 3.16. The van der Waals surface area contributed by atoms with Crippen LogP contribution in [0.1, 0.15) is 51.1 Å². The molecule has 3 rings (SSSR count). The summed E-state index contributed by atoms with van der Waals surface area (Å²) < 4.78 is 5.04. The van der Waals surface area contributed by atoms with Gasteiger partial charge in [0.1, 0.15) is 5.82 Å². The van der Waals surface area contributed by atoms with Gasteiger partial charge in [0, 0.05) is 28.9 Å². The summed E-state index contributed by atoms with van der Waals surface area (Å²) in [4.78, 5) is 3.42. The average molecular weight is 326 g/mol. The Morgan fingerprint density at radius 1 is 1.21 bits per heavy atom. The first-order chi connectivity index (χ1) is 11.7. The van der Waals surface area contributed by atoms with E-state index in [1.165, 1.54) is 5.39 Å². The summed E-state index contributed by atoms with van der Waals surface area (Å²) in [6.45, 7) is 4.41. The molecule has 2 unspecified atom stereocenters. The van der Waals surface area contributed by atoms with Crippen LogP contribution in [0.5, 0.6) is 0 Å². The van der Waals surface area contributed by atoms with E-state index in [4.69, 9.17) is 10.3 Å². The van der Waals surface area contributed by atoms with Gasteiger partial charge in [-0.3, -0.25) is 0 Å². The molecule has 0 aliphatic heterocycles. The van der Waals surface area contributed by atoms with Gasteiger partial charge in [-0.1, -0.05) is 36.7 Å². The van der Waals surface area contributed by atoms with Crippen LogP contribution in [-0.2, 0) is 0 Å². The highest BCUT2D eigenvalue weighted by atomic mass is 16.5. The highest BCUT2D eigenvalue weighted by Crippen LogP contribution is 2.28. The van der Waals surface area contributed by atoms with Gasteiger partial charge in [0.15, 0.2) is 0 Å². The number of aromatic amines is 1. The van der Waals surface area contributed by atoms with Crippen molar-refractivity contribution in [1.29, 1.82) is 0 Å². The van der Waals surface area contributed by atoms with E-state index in [1.54, 1.807) is 0 Å². The zero-order valence-corrected chi connectivity index (χ0v) is 14.4. The minimum atomic E-state index is 0.377. The SMILES string of the molecule is CCCC(CCC(C)Nc1cc2ccccc2[nH]1)c1cc(N)on1. The predicted molar refractivity (Wildman–Crippen MR) is 99.2 cm³/mol. The zero-order valence-electron chi connectivity index (χ0n) is 14.4. The monoisotopic (exact) mass is 326 g/mol. The number of fused-ring (bicyclic) bond motifs is 1. The molecule has 4 N–H and O–H groups in total. The van der Waals surface area contributed by atoms with Gasteiger partial charge in [0.05, 0.1) is 5.69 Å². The molecule has 0 aliphatic carbocycles. The topological polar surface area (TPSA) is 79.9 Å². The van der Waals surface area contributed by atoms with Gasteiger partial charge in [-0.2, -0.15) is 0 Å². The van der Waals surface area contributed by atoms with E-state index >= 15 is 0 Å². The van der Waals surface area contributed by atoms with Crippen LogP contribution in [0.2, 0.25) is 0 Å². The van der Waals surface area contributed by atoms with Gasteiger partial charge in [0.25, 0.3) is 0 Å². The van der Waals surface area contributed by atoms with Crippen LogP contribution < -0.4 is 11.1 Å². The number of H-pyrrole nitrogens is 1. The molecule has 0 fully saturated rings. The number of aromatic nitrogens is 2. The molecule has 5 nitrogen and oxygen atoms in total. The first-order valence-electron chi connectivity index (χ1n) is 8.72. The summed E-state index contributed by atoms with van der Waals surface area (Å²) >= 11 is 0. The van der Waals surface area contributed by atoms with Crippen molar-refractivity contribution >= 4 is 22.6 Å². The van der Waals surface area contributed by atoms with Crippen LogP contribution in [0.25, 0.3) is 10.9 Å². The number of nitrogens with one attached hydrogen (secondary N) is 2. The maximum absolute atomic E-state index is 5.66. The van der Waals surface area contributed by atoms with E-state index in [1.807, 2.05) is 12.1 Å². The second-order valence-corrected chi connectivity index (χ2v) is 6.53. The van der Waals surface area contributed by atoms with Crippen LogP contribution in [0.3, 0.4) is 0 Å². The molecule has 5 heteroatoms. The third kappa shape index (κ3) is 3.91. The molecule has 0 saturated heterocycles. The van der Waals surface area contributed by atoms with Crippen molar-refractivity contribution in [3.05, 3.63) is 42.1 Å². The normalized spacial score (nSPS) is 13.9. The molecule has 0 spiro atoms. The van der Waals surface area contributed by atoms with Gasteiger partial charge in [-0.15, -0.1) is 0 Å². The van der Waals surface area contributed by atoms with E-state index in [0.29, 0.717) is 17.8 Å². The van der Waals surface area contributed by atoms with Crippen molar-refractivity contribution in [2.45, 2.75) is 51.5 Å². The summed E-state index contributed by atoms with van der Waals surface area (Å²) in [5.74, 6) is 1.87. The molecular formula is C19H26N4O. The number of para-hydroxylation sites is 1. The minimum absolute atomic E-state index is 0.377. The Morgan fingerprint density at radius 2 is 2.04 bits per heavy atom. The van der Waals surface area contributed by atoms with Crippen molar-refractivity contribution in [1.82, 2.24) is 10.1 Å². The Labute approximate surface area is 142 Å². The molecule has 24 heavy (non-hydrogen) atoms. The standard InChI is InChI=1S/C19H26N4O/c1-3-6-14(17-12-18(20)24-23-17)10-9-13(2)21-19-11-15-7-4-5-8-16(15)22-19/h4-5,7-8,11-14,21-22H,3,6,9-10,20H2,1-2H3. The number of nitrogens with two attached hydrogens (primary N) is 1. The number of rotatable bonds is 8. The Morgan fingerprint density at radius 3 is 2.75 bits per heavy atom. The van der Waals surface area contributed by atoms with Crippen molar-refractivity contribution in [2.24, 2.45) is 0 Å². The van der Waals surface area contributed by atoms with E-state index in [-0.39, 0.29) is 0 Å². The third-order valence-corrected chi connectivity index (χ3v) is 4.48. The van der Waals surface area contributed by atoms with E-state index in [2.05, 4.69) is 53.6 Å². The van der Waals surface area contributed by atoms with Gasteiger partial charge in [-0.05, 0) is 38.3 Å². The quantitative estimate of drug-likeness (QED) is 0.550. The first kappa shape index (κ1) is 16.4. The van der Waals surface area contributed by atoms with Gasteiger partial charge in [-0.25, -0.2) is 0 Å². The number of nitrogen functional groups attached to an aromatic ring is 1. The Hall–Kier alpha value is -2.43. The van der Waals surface area contributed by atoms with E-state index < -0.39 is 0 Å². The molecule has 0 aliphatic rings. The second-order valence-electron chi connectivity index (χ2n) is 6.53. The fraction of sp³-hybridized carbons (Fsp3) is 0.421. The van der Waals surface area contributed by atoms with Crippen LogP contribution in [0.15, 0.2) is 40.9 Å². The molecule has 0 bridgehead atoms. The summed E-state index contributed by atoms with van der Waals surface area (Å²) in [6, 6.07) is 12.7. The lowest BCUT2D eigenvalue weighted by Crippen LogP contribution is -2.16. The largest absolute Gasteiger partial charge is 0.369 e. The maximum atomic E-state index is 5.66. The van der Waals surface area contributed by atoms with Crippen molar-refractivity contribution in [2.75, 3.05) is 11.1 Å². The third-order valence-electron chi connectivity index (χ3n) is 4.48. The van der Waals surface area contributed by atoms with Gasteiger partial charge >= 0.3 is 0 Å². The summed E-state index contributed by atoms with van der Waals surface area (Å²) in [5.41, 5.74) is 7.80. The number of hydrogen-bond acceptors (Lipinski definition) is 4. The molecule has 3 aromatic rings. The maximum Gasteiger partial charge on any atom is 0.222 e. The molecule has 2 heterocycles. The van der Waals surface area contributed by atoms with Crippen LogP contribution in [0.4, 0.5) is 11.7 Å². The fourth-order valence-corrected chi connectivity index (χ4v) is 3.22. The molecule has 0 amide bonds. The Balaban J connectivity index is 1.58. The van der Waals surface area contributed by atoms with Gasteiger partial charge < -0.3 is 20.6 Å². The lowest BCUT2D eigenvalue weighted by Gasteiger charge is -2.18. The van der Waals surface area contributed by atoms with Crippen molar-refractivity contribution in [3.63, 3.8) is 0 Å². The highest BCUT2D eigenvalue weighted by Gasteiger charge is 2.16. The lowest BCUT2D eigenvalue weighted by atomic mass is 9.93. The molecule has 0 radical (unpaired) electrons. The molecule has 1 aromatic carbocycles. The molecular weight excluding hydrogens is 300 g/mol. The van der Waals surface area contributed by atoms with E-state index in [9.17, 15) is 0 Å². The first-order valence-corrected chi connectivity index (χ1v) is 8.72. The highest BCUT2D eigenvalue weighted by molar-refractivity contribution is 5.83. The number of anilines is 2. The number of nitrogens with zero attached hydrogens (tertiary/aromatic N) is 1. The van der Waals surface area contributed by atoms with Crippen molar-refractivity contribution in [3.8, 4) is 0 Å². The van der Waals surface area contributed by atoms with Crippen molar-refractivity contribution < 1.29 is 4.52 Å². The van der Waals surface area contributed by atoms with Crippen LogP contribution in [-0.4, -0.2) is 16.2 Å². The lowest BCUT2D eigenvalue weighted by molar-refractivity contribution is 0.408. The fourth-order valence-electron chi connectivity index (χ4n) is 3.22. The Kier molecular flexibility index (Phi) is 5.08. The van der Waals surface area contributed by atoms with Gasteiger partial charge in [0.2, 0.25) is 5.88 Å². The number of hydrogen-bond donors (Lipinski definition) is 3. The molecule has 128 valence electrons. The minimum Gasteiger partial charge on any atom is -0.369 e. The smallest absolute Gasteiger partial charge is 0.222 e. The molecule has 0 saturated carbocycles. The summed E-state index contributed by atoms with van der Waals surface area (Å²) in [6.07, 6.45) is 4.35. The predicted octanol–water partition coefficient (Wildman–Crippen LogP) is 4.90. The second kappa shape index (κ2) is 7.43. The molecule has 2 atom stereocenters. The summed E-state index contributed by atoms with van der Waals surface area (Å²) in [5, 5.41) is 8.89.